The number of halogens is 2. The van der Waals surface area contributed by atoms with Crippen molar-refractivity contribution in [3.05, 3.63) is 29.8 Å². The highest BCUT2D eigenvalue weighted by molar-refractivity contribution is 7.89. The SMILES string of the molecule is CCN(C(=O)C1CCN(S(=O)(=O)c2ccc(F)c(F)c2)CC1)C1CCCC1. The Kier molecular flexibility index (Phi) is 6.15. The summed E-state index contributed by atoms with van der Waals surface area (Å²) in [6.07, 6.45) is 5.29. The Bertz CT molecular complexity index is 786. The van der Waals surface area contributed by atoms with Crippen molar-refractivity contribution in [2.75, 3.05) is 19.6 Å². The molecule has 1 aliphatic heterocycles. The van der Waals surface area contributed by atoms with Crippen LogP contribution in [-0.4, -0.2) is 49.2 Å². The van der Waals surface area contributed by atoms with Gasteiger partial charge in [-0.3, -0.25) is 4.79 Å². The quantitative estimate of drug-likeness (QED) is 0.763. The average Bonchev–Trinajstić information content (AvgIpc) is 3.19. The first kappa shape index (κ1) is 20.2. The van der Waals surface area contributed by atoms with Crippen LogP contribution in [0.2, 0.25) is 0 Å². The molecule has 1 saturated carbocycles. The van der Waals surface area contributed by atoms with E-state index < -0.39 is 21.7 Å². The van der Waals surface area contributed by atoms with Crippen LogP contribution >= 0.6 is 0 Å². The molecule has 3 rings (SSSR count). The standard InChI is InChI=1S/C19H26F2N2O3S/c1-2-23(15-5-3-4-6-15)19(24)14-9-11-22(12-10-14)27(25,26)16-7-8-17(20)18(21)13-16/h7-8,13-15H,2-6,9-12H2,1H3. The van der Waals surface area contributed by atoms with Gasteiger partial charge in [0.15, 0.2) is 11.6 Å². The van der Waals surface area contributed by atoms with E-state index in [0.717, 1.165) is 37.8 Å². The molecule has 0 radical (unpaired) electrons. The fourth-order valence-electron chi connectivity index (χ4n) is 4.17. The Hall–Kier alpha value is -1.54. The molecule has 1 aliphatic carbocycles. The zero-order valence-corrected chi connectivity index (χ0v) is 16.4. The third-order valence-corrected chi connectivity index (χ3v) is 7.62. The van der Waals surface area contributed by atoms with Gasteiger partial charge in [-0.1, -0.05) is 12.8 Å². The Morgan fingerprint density at radius 1 is 1.11 bits per heavy atom. The van der Waals surface area contributed by atoms with Crippen LogP contribution in [0, 0.1) is 17.6 Å². The van der Waals surface area contributed by atoms with E-state index in [-0.39, 0.29) is 29.8 Å². The van der Waals surface area contributed by atoms with Gasteiger partial charge in [-0.15, -0.1) is 0 Å². The van der Waals surface area contributed by atoms with E-state index in [2.05, 4.69) is 0 Å². The normalized spacial score (nSPS) is 20.1. The summed E-state index contributed by atoms with van der Waals surface area (Å²) in [7, 11) is -3.89. The topological polar surface area (TPSA) is 57.7 Å². The van der Waals surface area contributed by atoms with E-state index in [0.29, 0.717) is 31.5 Å². The number of sulfonamides is 1. The van der Waals surface area contributed by atoms with Gasteiger partial charge in [-0.05, 0) is 50.8 Å². The van der Waals surface area contributed by atoms with Crippen LogP contribution in [-0.2, 0) is 14.8 Å². The highest BCUT2D eigenvalue weighted by atomic mass is 32.2. The van der Waals surface area contributed by atoms with E-state index in [1.807, 2.05) is 11.8 Å². The van der Waals surface area contributed by atoms with Gasteiger partial charge < -0.3 is 4.90 Å². The molecule has 2 aliphatic rings. The van der Waals surface area contributed by atoms with Crippen molar-refractivity contribution in [1.82, 2.24) is 9.21 Å². The zero-order chi connectivity index (χ0) is 19.6. The molecule has 0 unspecified atom stereocenters. The molecule has 0 N–H and O–H groups in total. The smallest absolute Gasteiger partial charge is 0.243 e. The first-order valence-corrected chi connectivity index (χ1v) is 11.0. The summed E-state index contributed by atoms with van der Waals surface area (Å²) in [5.41, 5.74) is 0. The summed E-state index contributed by atoms with van der Waals surface area (Å²) in [5.74, 6) is -2.32. The lowest BCUT2D eigenvalue weighted by atomic mass is 9.95. The number of rotatable bonds is 5. The maximum Gasteiger partial charge on any atom is 0.243 e. The number of amides is 1. The molecule has 8 heteroatoms. The van der Waals surface area contributed by atoms with Gasteiger partial charge >= 0.3 is 0 Å². The molecule has 1 saturated heterocycles. The van der Waals surface area contributed by atoms with Crippen LogP contribution in [0.25, 0.3) is 0 Å². The molecular weight excluding hydrogens is 374 g/mol. The van der Waals surface area contributed by atoms with Crippen LogP contribution in [0.15, 0.2) is 23.1 Å². The van der Waals surface area contributed by atoms with Crippen molar-refractivity contribution in [3.8, 4) is 0 Å². The molecule has 2 fully saturated rings. The van der Waals surface area contributed by atoms with Gasteiger partial charge in [0, 0.05) is 31.6 Å². The molecule has 1 heterocycles. The monoisotopic (exact) mass is 400 g/mol. The third kappa shape index (κ3) is 4.16. The predicted molar refractivity (Wildman–Crippen MR) is 97.5 cm³/mol. The number of hydrogen-bond donors (Lipinski definition) is 0. The fourth-order valence-corrected chi connectivity index (χ4v) is 5.66. The molecular formula is C19H26F2N2O3S. The Balaban J connectivity index is 1.65. The minimum Gasteiger partial charge on any atom is -0.340 e. The van der Waals surface area contributed by atoms with Gasteiger partial charge in [-0.2, -0.15) is 4.31 Å². The van der Waals surface area contributed by atoms with Crippen molar-refractivity contribution in [1.29, 1.82) is 0 Å². The molecule has 1 aromatic carbocycles. The number of piperidine rings is 1. The van der Waals surface area contributed by atoms with E-state index >= 15 is 0 Å². The Morgan fingerprint density at radius 2 is 1.74 bits per heavy atom. The molecule has 150 valence electrons. The number of hydrogen-bond acceptors (Lipinski definition) is 3. The van der Waals surface area contributed by atoms with Crippen LogP contribution < -0.4 is 0 Å². The van der Waals surface area contributed by atoms with Crippen LogP contribution in [0.5, 0.6) is 0 Å². The van der Waals surface area contributed by atoms with Gasteiger partial charge in [0.25, 0.3) is 0 Å². The maximum absolute atomic E-state index is 13.4. The predicted octanol–water partition coefficient (Wildman–Crippen LogP) is 3.16. The fraction of sp³-hybridized carbons (Fsp3) is 0.632. The molecule has 27 heavy (non-hydrogen) atoms. The van der Waals surface area contributed by atoms with Crippen molar-refractivity contribution in [2.45, 2.75) is 56.4 Å². The lowest BCUT2D eigenvalue weighted by molar-refractivity contribution is -0.138. The Morgan fingerprint density at radius 3 is 2.30 bits per heavy atom. The number of nitrogens with zero attached hydrogens (tertiary/aromatic N) is 2. The second-order valence-electron chi connectivity index (χ2n) is 7.32. The van der Waals surface area contributed by atoms with Crippen molar-refractivity contribution in [3.63, 3.8) is 0 Å². The number of carbonyl (C=O) groups is 1. The zero-order valence-electron chi connectivity index (χ0n) is 15.5. The summed E-state index contributed by atoms with van der Waals surface area (Å²) >= 11 is 0. The molecule has 0 spiro atoms. The van der Waals surface area contributed by atoms with Crippen LogP contribution in [0.3, 0.4) is 0 Å². The highest BCUT2D eigenvalue weighted by Gasteiger charge is 2.36. The van der Waals surface area contributed by atoms with E-state index in [4.69, 9.17) is 0 Å². The van der Waals surface area contributed by atoms with E-state index in [1.54, 1.807) is 0 Å². The summed E-state index contributed by atoms with van der Waals surface area (Å²) < 4.78 is 53.1. The molecule has 1 amide bonds. The van der Waals surface area contributed by atoms with Crippen molar-refractivity contribution in [2.24, 2.45) is 5.92 Å². The molecule has 0 aromatic heterocycles. The van der Waals surface area contributed by atoms with Crippen LogP contribution in [0.4, 0.5) is 8.78 Å². The first-order chi connectivity index (χ1) is 12.8. The summed E-state index contributed by atoms with van der Waals surface area (Å²) in [4.78, 5) is 14.6. The molecule has 1 aromatic rings. The van der Waals surface area contributed by atoms with Gasteiger partial charge in [-0.25, -0.2) is 17.2 Å². The number of benzene rings is 1. The minimum atomic E-state index is -3.89. The van der Waals surface area contributed by atoms with Crippen molar-refractivity contribution < 1.29 is 22.0 Å². The lowest BCUT2D eigenvalue weighted by Crippen LogP contribution is -2.47. The largest absolute Gasteiger partial charge is 0.340 e. The van der Waals surface area contributed by atoms with Gasteiger partial charge in [0.05, 0.1) is 4.90 Å². The maximum atomic E-state index is 13.4. The highest BCUT2D eigenvalue weighted by Crippen LogP contribution is 2.29. The second-order valence-corrected chi connectivity index (χ2v) is 9.25. The van der Waals surface area contributed by atoms with E-state index in [9.17, 15) is 22.0 Å². The van der Waals surface area contributed by atoms with Gasteiger partial charge in [0.2, 0.25) is 15.9 Å². The average molecular weight is 400 g/mol. The summed E-state index contributed by atoms with van der Waals surface area (Å²) in [5, 5.41) is 0. The molecule has 5 nitrogen and oxygen atoms in total. The molecule has 0 bridgehead atoms. The lowest BCUT2D eigenvalue weighted by Gasteiger charge is -2.35. The first-order valence-electron chi connectivity index (χ1n) is 9.60. The summed E-state index contributed by atoms with van der Waals surface area (Å²) in [6.45, 7) is 3.08. The minimum absolute atomic E-state index is 0.120. The Labute approximate surface area is 159 Å². The second kappa shape index (κ2) is 8.22. The molecule has 0 atom stereocenters. The summed E-state index contributed by atoms with van der Waals surface area (Å²) in [6, 6.07) is 2.91. The van der Waals surface area contributed by atoms with E-state index in [1.165, 1.54) is 4.31 Å². The van der Waals surface area contributed by atoms with Gasteiger partial charge in [0.1, 0.15) is 0 Å². The number of carbonyl (C=O) groups excluding carboxylic acids is 1. The van der Waals surface area contributed by atoms with Crippen molar-refractivity contribution >= 4 is 15.9 Å². The third-order valence-electron chi connectivity index (χ3n) is 5.72. The van der Waals surface area contributed by atoms with Crippen LogP contribution in [0.1, 0.15) is 45.4 Å².